The highest BCUT2D eigenvalue weighted by molar-refractivity contribution is 6.07. The van der Waals surface area contributed by atoms with Gasteiger partial charge in [0.05, 0.1) is 29.4 Å². The monoisotopic (exact) mass is 467 g/mol. The number of methoxy groups -OCH3 is 1. The molecule has 176 valence electrons. The number of hydrogen-bond acceptors (Lipinski definition) is 5. The average molecular weight is 468 g/mol. The smallest absolute Gasteiger partial charge is 0.257 e. The van der Waals surface area contributed by atoms with E-state index < -0.39 is 0 Å². The Kier molecular flexibility index (Phi) is 6.06. The summed E-state index contributed by atoms with van der Waals surface area (Å²) in [5.41, 5.74) is 3.21. The molecule has 1 aliphatic rings. The number of benzene rings is 3. The van der Waals surface area contributed by atoms with E-state index in [1.165, 1.54) is 6.07 Å². The van der Waals surface area contributed by atoms with Crippen molar-refractivity contribution in [2.75, 3.05) is 33.3 Å². The molecule has 1 aliphatic heterocycles. The largest absolute Gasteiger partial charge is 0.507 e. The molecule has 0 atom stereocenters. The molecule has 2 amide bonds. The first-order valence-corrected chi connectivity index (χ1v) is 11.5. The molecule has 0 saturated carbocycles. The molecule has 1 saturated heterocycles. The lowest BCUT2D eigenvalue weighted by molar-refractivity contribution is 0.0534. The third-order valence-electron chi connectivity index (χ3n) is 6.32. The minimum Gasteiger partial charge on any atom is -0.507 e. The molecule has 3 aromatic carbocycles. The van der Waals surface area contributed by atoms with Gasteiger partial charge < -0.3 is 19.6 Å². The van der Waals surface area contributed by atoms with Crippen LogP contribution in [0.3, 0.4) is 0 Å². The van der Waals surface area contributed by atoms with Crippen molar-refractivity contribution in [3.63, 3.8) is 0 Å². The maximum atomic E-state index is 13.6. The molecule has 4 aromatic rings. The van der Waals surface area contributed by atoms with Crippen LogP contribution in [-0.2, 0) is 0 Å². The summed E-state index contributed by atoms with van der Waals surface area (Å²) in [6.45, 7) is 1.61. The molecule has 1 aromatic heterocycles. The van der Waals surface area contributed by atoms with Gasteiger partial charge in [-0.15, -0.1) is 0 Å². The number of hydrogen-bond donors (Lipinski definition) is 1. The summed E-state index contributed by atoms with van der Waals surface area (Å²) in [5.74, 6) is 0.395. The molecule has 2 heterocycles. The van der Waals surface area contributed by atoms with Crippen molar-refractivity contribution < 1.29 is 19.4 Å². The lowest BCUT2D eigenvalue weighted by Gasteiger charge is -2.35. The molecule has 0 radical (unpaired) electrons. The molecular formula is C28H25N3O4. The Bertz CT molecular complexity index is 1390. The molecule has 1 N–H and O–H groups in total. The van der Waals surface area contributed by atoms with E-state index in [2.05, 4.69) is 0 Å². The zero-order valence-electron chi connectivity index (χ0n) is 19.3. The van der Waals surface area contributed by atoms with Crippen LogP contribution in [-0.4, -0.2) is 65.0 Å². The van der Waals surface area contributed by atoms with E-state index in [1.54, 1.807) is 35.1 Å². The highest BCUT2D eigenvalue weighted by Crippen LogP contribution is 2.28. The number of rotatable bonds is 4. The first-order valence-electron chi connectivity index (χ1n) is 11.5. The van der Waals surface area contributed by atoms with E-state index in [4.69, 9.17) is 9.72 Å². The lowest BCUT2D eigenvalue weighted by Crippen LogP contribution is -2.50. The quantitative estimate of drug-likeness (QED) is 0.486. The van der Waals surface area contributed by atoms with Gasteiger partial charge in [-0.1, -0.05) is 30.3 Å². The second-order valence-corrected chi connectivity index (χ2v) is 8.40. The predicted molar refractivity (Wildman–Crippen MR) is 134 cm³/mol. The molecule has 0 unspecified atom stereocenters. The normalized spacial score (nSPS) is 13.6. The summed E-state index contributed by atoms with van der Waals surface area (Å²) in [6, 6.07) is 23.6. The van der Waals surface area contributed by atoms with E-state index >= 15 is 0 Å². The predicted octanol–water partition coefficient (Wildman–Crippen LogP) is 4.21. The van der Waals surface area contributed by atoms with Crippen molar-refractivity contribution in [1.29, 1.82) is 0 Å². The van der Waals surface area contributed by atoms with Gasteiger partial charge in [0, 0.05) is 37.1 Å². The van der Waals surface area contributed by atoms with Crippen molar-refractivity contribution in [2.45, 2.75) is 0 Å². The first kappa shape index (κ1) is 22.4. The second-order valence-electron chi connectivity index (χ2n) is 8.40. The third kappa shape index (κ3) is 4.40. The van der Waals surface area contributed by atoms with Crippen LogP contribution in [0, 0.1) is 0 Å². The summed E-state index contributed by atoms with van der Waals surface area (Å²) in [6.07, 6.45) is 0. The van der Waals surface area contributed by atoms with Crippen LogP contribution < -0.4 is 4.74 Å². The summed E-state index contributed by atoms with van der Waals surface area (Å²) in [7, 11) is 1.62. The highest BCUT2D eigenvalue weighted by atomic mass is 16.5. The first-order chi connectivity index (χ1) is 17.0. The van der Waals surface area contributed by atoms with E-state index in [0.29, 0.717) is 37.4 Å². The molecule has 5 rings (SSSR count). The summed E-state index contributed by atoms with van der Waals surface area (Å²) in [5, 5.41) is 10.8. The van der Waals surface area contributed by atoms with Gasteiger partial charge in [-0.25, -0.2) is 4.98 Å². The Hall–Kier alpha value is -4.39. The number of aromatic hydroxyl groups is 1. The van der Waals surface area contributed by atoms with Crippen LogP contribution in [0.1, 0.15) is 20.7 Å². The molecule has 35 heavy (non-hydrogen) atoms. The Balaban J connectivity index is 1.40. The number of amides is 2. The van der Waals surface area contributed by atoms with Gasteiger partial charge in [-0.05, 0) is 48.5 Å². The molecular weight excluding hydrogens is 442 g/mol. The van der Waals surface area contributed by atoms with Gasteiger partial charge in [0.15, 0.2) is 0 Å². The highest BCUT2D eigenvalue weighted by Gasteiger charge is 2.27. The van der Waals surface area contributed by atoms with E-state index in [0.717, 1.165) is 22.2 Å². The summed E-state index contributed by atoms with van der Waals surface area (Å²) < 4.78 is 5.25. The number of phenolic OH excluding ortho intramolecular Hbond substituents is 1. The fourth-order valence-electron chi connectivity index (χ4n) is 4.37. The molecule has 0 bridgehead atoms. The van der Waals surface area contributed by atoms with Crippen LogP contribution >= 0.6 is 0 Å². The number of pyridine rings is 1. The number of ether oxygens (including phenoxy) is 1. The SMILES string of the molecule is COc1ccc(-c2cc(C(=O)N3CCN(C(=O)c4ccccc4O)CC3)c3ccccc3n2)cc1. The number of piperazine rings is 1. The lowest BCUT2D eigenvalue weighted by atomic mass is 10.0. The molecule has 7 nitrogen and oxygen atoms in total. The Morgan fingerprint density at radius 2 is 1.40 bits per heavy atom. The van der Waals surface area contributed by atoms with Crippen LogP contribution in [0.2, 0.25) is 0 Å². The standard InChI is InChI=1S/C28H25N3O4/c1-35-20-12-10-19(11-13-20)25-18-23(21-6-2-4-8-24(21)29-25)28(34)31-16-14-30(15-17-31)27(33)22-7-3-5-9-26(22)32/h2-13,18,32H,14-17H2,1H3. The van der Waals surface area contributed by atoms with Crippen LogP contribution in [0.4, 0.5) is 0 Å². The van der Waals surface area contributed by atoms with Gasteiger partial charge in [-0.3, -0.25) is 9.59 Å². The maximum Gasteiger partial charge on any atom is 0.257 e. The molecule has 0 aliphatic carbocycles. The van der Waals surface area contributed by atoms with Gasteiger partial charge in [0.2, 0.25) is 0 Å². The Labute approximate surface area is 203 Å². The van der Waals surface area contributed by atoms with Gasteiger partial charge >= 0.3 is 0 Å². The number of phenols is 1. The molecule has 1 fully saturated rings. The van der Waals surface area contributed by atoms with Crippen molar-refractivity contribution >= 4 is 22.7 Å². The second kappa shape index (κ2) is 9.46. The minimum absolute atomic E-state index is 0.0367. The van der Waals surface area contributed by atoms with Gasteiger partial charge in [-0.2, -0.15) is 0 Å². The zero-order chi connectivity index (χ0) is 24.4. The zero-order valence-corrected chi connectivity index (χ0v) is 19.3. The van der Waals surface area contributed by atoms with Crippen LogP contribution in [0.5, 0.6) is 11.5 Å². The Morgan fingerprint density at radius 1 is 0.800 bits per heavy atom. The van der Waals surface area contributed by atoms with E-state index in [1.807, 2.05) is 54.6 Å². The fraction of sp³-hybridized carbons (Fsp3) is 0.179. The number of fused-ring (bicyclic) bond motifs is 1. The molecule has 7 heteroatoms. The van der Waals surface area contributed by atoms with Gasteiger partial charge in [0.1, 0.15) is 11.5 Å². The summed E-state index contributed by atoms with van der Waals surface area (Å²) >= 11 is 0. The maximum absolute atomic E-state index is 13.6. The summed E-state index contributed by atoms with van der Waals surface area (Å²) in [4.78, 5) is 34.7. The minimum atomic E-state index is -0.230. The van der Waals surface area contributed by atoms with Crippen molar-refractivity contribution in [3.05, 3.63) is 90.0 Å². The number of carbonyl (C=O) groups is 2. The van der Waals surface area contributed by atoms with Crippen molar-refractivity contribution in [2.24, 2.45) is 0 Å². The van der Waals surface area contributed by atoms with Crippen LogP contribution in [0.25, 0.3) is 22.2 Å². The molecule has 0 spiro atoms. The number of aromatic nitrogens is 1. The van der Waals surface area contributed by atoms with Crippen molar-refractivity contribution in [1.82, 2.24) is 14.8 Å². The van der Waals surface area contributed by atoms with E-state index in [-0.39, 0.29) is 23.1 Å². The van der Waals surface area contributed by atoms with E-state index in [9.17, 15) is 14.7 Å². The number of carbonyl (C=O) groups excluding carboxylic acids is 2. The average Bonchev–Trinajstić information content (AvgIpc) is 2.92. The van der Waals surface area contributed by atoms with Crippen LogP contribution in [0.15, 0.2) is 78.9 Å². The Morgan fingerprint density at radius 3 is 2.06 bits per heavy atom. The van der Waals surface area contributed by atoms with Gasteiger partial charge in [0.25, 0.3) is 11.8 Å². The number of nitrogens with zero attached hydrogens (tertiary/aromatic N) is 3. The number of para-hydroxylation sites is 2. The fourth-order valence-corrected chi connectivity index (χ4v) is 4.37. The third-order valence-corrected chi connectivity index (χ3v) is 6.32. The van der Waals surface area contributed by atoms with Crippen molar-refractivity contribution in [3.8, 4) is 22.8 Å². The topological polar surface area (TPSA) is 83.0 Å².